The van der Waals surface area contributed by atoms with E-state index < -0.39 is 15.5 Å². The summed E-state index contributed by atoms with van der Waals surface area (Å²) >= 11 is 0. The van der Waals surface area contributed by atoms with Crippen molar-refractivity contribution in [3.63, 3.8) is 0 Å². The first-order chi connectivity index (χ1) is 6.89. The number of hydrogen-bond acceptors (Lipinski definition) is 3. The Morgan fingerprint density at radius 3 is 2.33 bits per heavy atom. The van der Waals surface area contributed by atoms with E-state index in [0.717, 1.165) is 12.3 Å². The van der Waals surface area contributed by atoms with E-state index in [1.54, 1.807) is 0 Å². The van der Waals surface area contributed by atoms with Crippen LogP contribution < -0.4 is 5.73 Å². The lowest BCUT2D eigenvalue weighted by molar-refractivity contribution is 0.272. The highest BCUT2D eigenvalue weighted by Gasteiger charge is 2.22. The molecule has 0 aromatic heterocycles. The van der Waals surface area contributed by atoms with Gasteiger partial charge in [-0.2, -0.15) is 8.42 Å². The Balaban J connectivity index is 2.26. The Morgan fingerprint density at radius 2 is 1.87 bits per heavy atom. The van der Waals surface area contributed by atoms with E-state index in [1.807, 2.05) is 0 Å². The summed E-state index contributed by atoms with van der Waals surface area (Å²) in [5.74, 6) is 1.39. The highest BCUT2D eigenvalue weighted by Crippen LogP contribution is 2.31. The fourth-order valence-corrected chi connectivity index (χ4v) is 2.60. The number of hydrogen-bond donors (Lipinski definition) is 2. The van der Waals surface area contributed by atoms with Crippen LogP contribution in [-0.4, -0.2) is 18.3 Å². The molecule has 15 heavy (non-hydrogen) atoms. The monoisotopic (exact) mass is 235 g/mol. The molecule has 1 aliphatic rings. The molecular weight excluding hydrogens is 214 g/mol. The second-order valence-corrected chi connectivity index (χ2v) is 6.39. The molecule has 90 valence electrons. The van der Waals surface area contributed by atoms with Crippen LogP contribution in [0.15, 0.2) is 0 Å². The Hall–Kier alpha value is -0.130. The summed E-state index contributed by atoms with van der Waals surface area (Å²) in [5, 5.41) is -1.10. The minimum Gasteiger partial charge on any atom is -0.313 e. The van der Waals surface area contributed by atoms with Crippen molar-refractivity contribution in [2.24, 2.45) is 17.6 Å². The maximum absolute atomic E-state index is 10.7. The molecule has 0 spiro atoms. The summed E-state index contributed by atoms with van der Waals surface area (Å²) in [4.78, 5) is 0. The van der Waals surface area contributed by atoms with Crippen LogP contribution in [0.2, 0.25) is 0 Å². The molecule has 0 aromatic rings. The molecule has 1 aliphatic carbocycles. The number of rotatable bonds is 4. The Morgan fingerprint density at radius 1 is 1.33 bits per heavy atom. The quantitative estimate of drug-likeness (QED) is 0.728. The van der Waals surface area contributed by atoms with Crippen molar-refractivity contribution >= 4 is 10.1 Å². The Kier molecular flexibility index (Phi) is 4.55. The molecular formula is C10H21NO3S. The lowest BCUT2D eigenvalue weighted by atomic mass is 9.81. The molecule has 1 fully saturated rings. The summed E-state index contributed by atoms with van der Waals surface area (Å²) < 4.78 is 30.1. The first kappa shape index (κ1) is 12.9. The lowest BCUT2D eigenvalue weighted by Gasteiger charge is -2.26. The van der Waals surface area contributed by atoms with Gasteiger partial charge in [0.25, 0.3) is 10.1 Å². The van der Waals surface area contributed by atoms with Crippen molar-refractivity contribution in [1.82, 2.24) is 0 Å². The van der Waals surface area contributed by atoms with Gasteiger partial charge in [-0.15, -0.1) is 0 Å². The fourth-order valence-electron chi connectivity index (χ4n) is 2.17. The van der Waals surface area contributed by atoms with Crippen LogP contribution in [0, 0.1) is 11.8 Å². The molecule has 0 bridgehead atoms. The molecule has 0 saturated heterocycles. The predicted molar refractivity (Wildman–Crippen MR) is 59.9 cm³/mol. The first-order valence-electron chi connectivity index (χ1n) is 5.61. The zero-order valence-electron chi connectivity index (χ0n) is 9.22. The van der Waals surface area contributed by atoms with Crippen molar-refractivity contribution in [2.45, 2.75) is 50.8 Å². The normalized spacial score (nSPS) is 30.1. The zero-order chi connectivity index (χ0) is 11.5. The summed E-state index contributed by atoms with van der Waals surface area (Å²) in [6, 6.07) is 0. The van der Waals surface area contributed by atoms with Crippen molar-refractivity contribution < 1.29 is 13.0 Å². The first-order valence-corrected chi connectivity index (χ1v) is 7.12. The fraction of sp³-hybridized carbons (Fsp3) is 1.00. The number of nitrogens with two attached hydrogens (primary N) is 1. The summed E-state index contributed by atoms with van der Waals surface area (Å²) in [5.41, 5.74) is 5.36. The molecule has 1 saturated carbocycles. The molecule has 3 N–H and O–H groups in total. The van der Waals surface area contributed by atoms with Crippen LogP contribution in [0.1, 0.15) is 45.4 Å². The average Bonchev–Trinajstić information content (AvgIpc) is 2.15. The molecule has 0 heterocycles. The van der Waals surface area contributed by atoms with Gasteiger partial charge in [0.1, 0.15) is 5.37 Å². The third-order valence-corrected chi connectivity index (χ3v) is 4.38. The maximum atomic E-state index is 10.7. The Labute approximate surface area is 92.0 Å². The highest BCUT2D eigenvalue weighted by atomic mass is 32.2. The lowest BCUT2D eigenvalue weighted by Crippen LogP contribution is -2.30. The second kappa shape index (κ2) is 5.27. The minimum absolute atomic E-state index is 0.373. The molecule has 1 rings (SSSR count). The van der Waals surface area contributed by atoms with Crippen molar-refractivity contribution in [2.75, 3.05) is 0 Å². The molecule has 0 aromatic carbocycles. The molecule has 0 aliphatic heterocycles. The van der Waals surface area contributed by atoms with E-state index in [4.69, 9.17) is 10.3 Å². The van der Waals surface area contributed by atoms with Crippen LogP contribution in [0.25, 0.3) is 0 Å². The van der Waals surface area contributed by atoms with Crippen molar-refractivity contribution in [3.8, 4) is 0 Å². The zero-order valence-corrected chi connectivity index (χ0v) is 10.0. The van der Waals surface area contributed by atoms with Crippen LogP contribution in [0.5, 0.6) is 0 Å². The van der Waals surface area contributed by atoms with Gasteiger partial charge in [0.15, 0.2) is 0 Å². The van der Waals surface area contributed by atoms with E-state index in [2.05, 4.69) is 6.92 Å². The van der Waals surface area contributed by atoms with E-state index in [-0.39, 0.29) is 0 Å². The van der Waals surface area contributed by atoms with E-state index >= 15 is 0 Å². The minimum atomic E-state index is -4.04. The smallest absolute Gasteiger partial charge is 0.280 e. The summed E-state index contributed by atoms with van der Waals surface area (Å²) in [7, 11) is -4.04. The largest absolute Gasteiger partial charge is 0.313 e. The molecule has 0 amide bonds. The van der Waals surface area contributed by atoms with Gasteiger partial charge in [0.2, 0.25) is 0 Å². The standard InChI is InChI=1S/C10H21NO3S/c1-8-2-4-9(5-3-8)6-7-10(11)15(12,13)14/h8-10H,2-7,11H2,1H3,(H,12,13,14). The molecule has 1 atom stereocenters. The van der Waals surface area contributed by atoms with Gasteiger partial charge >= 0.3 is 0 Å². The topological polar surface area (TPSA) is 80.4 Å². The van der Waals surface area contributed by atoms with Gasteiger partial charge in [-0.05, 0) is 24.7 Å². The van der Waals surface area contributed by atoms with E-state index in [1.165, 1.54) is 25.7 Å². The van der Waals surface area contributed by atoms with Gasteiger partial charge in [0, 0.05) is 0 Å². The van der Waals surface area contributed by atoms with Crippen LogP contribution in [0.4, 0.5) is 0 Å². The molecule has 4 nitrogen and oxygen atoms in total. The van der Waals surface area contributed by atoms with Gasteiger partial charge in [0.05, 0.1) is 0 Å². The molecule has 0 radical (unpaired) electrons. The van der Waals surface area contributed by atoms with Crippen molar-refractivity contribution in [3.05, 3.63) is 0 Å². The van der Waals surface area contributed by atoms with Crippen LogP contribution in [-0.2, 0) is 10.1 Å². The second-order valence-electron chi connectivity index (χ2n) is 4.76. The summed E-state index contributed by atoms with van der Waals surface area (Å²) in [6.45, 7) is 2.25. The Bertz CT molecular complexity index is 281. The van der Waals surface area contributed by atoms with E-state index in [0.29, 0.717) is 12.3 Å². The molecule has 5 heteroatoms. The average molecular weight is 235 g/mol. The maximum Gasteiger partial charge on any atom is 0.280 e. The predicted octanol–water partition coefficient (Wildman–Crippen LogP) is 1.77. The van der Waals surface area contributed by atoms with Gasteiger partial charge in [-0.1, -0.05) is 32.6 Å². The summed E-state index contributed by atoms with van der Waals surface area (Å²) in [6.07, 6.45) is 5.97. The SMILES string of the molecule is CC1CCC(CCC(N)S(=O)(=O)O)CC1. The van der Waals surface area contributed by atoms with Gasteiger partial charge in [-0.3, -0.25) is 4.55 Å². The van der Waals surface area contributed by atoms with Gasteiger partial charge < -0.3 is 5.73 Å². The van der Waals surface area contributed by atoms with E-state index in [9.17, 15) is 8.42 Å². The van der Waals surface area contributed by atoms with Crippen LogP contribution in [0.3, 0.4) is 0 Å². The van der Waals surface area contributed by atoms with Crippen LogP contribution >= 0.6 is 0 Å². The third kappa shape index (κ3) is 4.49. The molecule has 1 unspecified atom stereocenters. The van der Waals surface area contributed by atoms with Crippen molar-refractivity contribution in [1.29, 1.82) is 0 Å². The van der Waals surface area contributed by atoms with Gasteiger partial charge in [-0.25, -0.2) is 0 Å². The highest BCUT2D eigenvalue weighted by molar-refractivity contribution is 7.86. The third-order valence-electron chi connectivity index (χ3n) is 3.38.